The van der Waals surface area contributed by atoms with Crippen molar-refractivity contribution in [1.29, 1.82) is 0 Å². The molecule has 4 nitrogen and oxygen atoms in total. The van der Waals surface area contributed by atoms with E-state index in [4.69, 9.17) is 0 Å². The number of nitrogens with zero attached hydrogens (tertiary/aromatic N) is 1. The summed E-state index contributed by atoms with van der Waals surface area (Å²) in [6, 6.07) is 11.8. The molecule has 0 saturated heterocycles. The summed E-state index contributed by atoms with van der Waals surface area (Å²) in [4.78, 5) is 15.9. The average molecular weight is 269 g/mol. The molecule has 2 aromatic rings. The van der Waals surface area contributed by atoms with Crippen LogP contribution in [0, 0.1) is 6.92 Å². The summed E-state index contributed by atoms with van der Waals surface area (Å²) < 4.78 is 0. The van der Waals surface area contributed by atoms with E-state index in [1.54, 1.807) is 12.4 Å². The molecule has 0 radical (unpaired) electrons. The largest absolute Gasteiger partial charge is 0.325 e. The SMILES string of the molecule is Cc1cccc(NC(=O)CN[C@H](C)c2ccncc2)c1. The molecule has 2 N–H and O–H groups in total. The fourth-order valence-corrected chi connectivity index (χ4v) is 1.94. The number of amides is 1. The van der Waals surface area contributed by atoms with Crippen molar-refractivity contribution in [2.24, 2.45) is 0 Å². The first-order chi connectivity index (χ1) is 9.65. The van der Waals surface area contributed by atoms with E-state index in [0.29, 0.717) is 0 Å². The van der Waals surface area contributed by atoms with E-state index in [1.165, 1.54) is 0 Å². The fourth-order valence-electron chi connectivity index (χ4n) is 1.94. The molecule has 1 atom stereocenters. The maximum Gasteiger partial charge on any atom is 0.238 e. The summed E-state index contributed by atoms with van der Waals surface area (Å²) in [5, 5.41) is 6.07. The van der Waals surface area contributed by atoms with Gasteiger partial charge >= 0.3 is 0 Å². The van der Waals surface area contributed by atoms with E-state index in [-0.39, 0.29) is 18.5 Å². The van der Waals surface area contributed by atoms with Crippen LogP contribution in [0.1, 0.15) is 24.1 Å². The molecule has 0 aliphatic rings. The Kier molecular flexibility index (Phi) is 4.85. The molecule has 4 heteroatoms. The number of hydrogen-bond acceptors (Lipinski definition) is 3. The van der Waals surface area contributed by atoms with Gasteiger partial charge in [-0.3, -0.25) is 9.78 Å². The van der Waals surface area contributed by atoms with Crippen LogP contribution in [0.2, 0.25) is 0 Å². The summed E-state index contributed by atoms with van der Waals surface area (Å²) in [5.74, 6) is -0.0449. The number of aryl methyl sites for hydroxylation is 1. The number of anilines is 1. The van der Waals surface area contributed by atoms with Crippen molar-refractivity contribution in [3.05, 3.63) is 59.9 Å². The van der Waals surface area contributed by atoms with Crippen molar-refractivity contribution in [3.8, 4) is 0 Å². The molecule has 0 bridgehead atoms. The first-order valence-corrected chi connectivity index (χ1v) is 6.65. The minimum atomic E-state index is -0.0449. The average Bonchev–Trinajstić information content (AvgIpc) is 2.46. The number of rotatable bonds is 5. The van der Waals surface area contributed by atoms with E-state index in [0.717, 1.165) is 16.8 Å². The molecule has 0 saturated carbocycles. The van der Waals surface area contributed by atoms with Gasteiger partial charge in [0.05, 0.1) is 6.54 Å². The second kappa shape index (κ2) is 6.82. The van der Waals surface area contributed by atoms with Crippen molar-refractivity contribution in [1.82, 2.24) is 10.3 Å². The Bertz CT molecular complexity index is 569. The lowest BCUT2D eigenvalue weighted by atomic mass is 10.1. The third-order valence-electron chi connectivity index (χ3n) is 3.08. The number of carbonyl (C=O) groups is 1. The van der Waals surface area contributed by atoms with E-state index < -0.39 is 0 Å². The number of pyridine rings is 1. The third-order valence-corrected chi connectivity index (χ3v) is 3.08. The molecule has 104 valence electrons. The predicted molar refractivity (Wildman–Crippen MR) is 80.5 cm³/mol. The third kappa shape index (κ3) is 4.17. The Hall–Kier alpha value is -2.20. The molecule has 20 heavy (non-hydrogen) atoms. The zero-order valence-electron chi connectivity index (χ0n) is 11.8. The molecular formula is C16H19N3O. The Morgan fingerprint density at radius 1 is 1.25 bits per heavy atom. The summed E-state index contributed by atoms with van der Waals surface area (Å²) in [5.41, 5.74) is 3.07. The van der Waals surface area contributed by atoms with Gasteiger partial charge in [0.2, 0.25) is 5.91 Å². The van der Waals surface area contributed by atoms with Gasteiger partial charge in [-0.05, 0) is 49.2 Å². The fraction of sp³-hybridized carbons (Fsp3) is 0.250. The Labute approximate surface area is 119 Å². The second-order valence-corrected chi connectivity index (χ2v) is 4.80. The molecule has 1 amide bonds. The zero-order valence-corrected chi connectivity index (χ0v) is 11.8. The van der Waals surface area contributed by atoms with Gasteiger partial charge < -0.3 is 10.6 Å². The first-order valence-electron chi connectivity index (χ1n) is 6.65. The Morgan fingerprint density at radius 2 is 2.00 bits per heavy atom. The van der Waals surface area contributed by atoms with Gasteiger partial charge in [-0.2, -0.15) is 0 Å². The monoisotopic (exact) mass is 269 g/mol. The number of hydrogen-bond donors (Lipinski definition) is 2. The number of aromatic nitrogens is 1. The molecule has 1 aromatic heterocycles. The van der Waals surface area contributed by atoms with Gasteiger partial charge in [0, 0.05) is 24.1 Å². The minimum Gasteiger partial charge on any atom is -0.325 e. The van der Waals surface area contributed by atoms with Crippen LogP contribution in [-0.4, -0.2) is 17.4 Å². The highest BCUT2D eigenvalue weighted by Crippen LogP contribution is 2.11. The lowest BCUT2D eigenvalue weighted by molar-refractivity contribution is -0.115. The summed E-state index contributed by atoms with van der Waals surface area (Å²) >= 11 is 0. The molecule has 0 aliphatic carbocycles. The summed E-state index contributed by atoms with van der Waals surface area (Å²) in [6.45, 7) is 4.30. The van der Waals surface area contributed by atoms with Crippen LogP contribution in [-0.2, 0) is 4.79 Å². The van der Waals surface area contributed by atoms with Gasteiger partial charge in [0.25, 0.3) is 0 Å². The lowest BCUT2D eigenvalue weighted by Crippen LogP contribution is -2.30. The van der Waals surface area contributed by atoms with Crippen LogP contribution in [0.3, 0.4) is 0 Å². The van der Waals surface area contributed by atoms with Crippen LogP contribution in [0.15, 0.2) is 48.8 Å². The normalized spacial score (nSPS) is 11.9. The number of benzene rings is 1. The highest BCUT2D eigenvalue weighted by atomic mass is 16.1. The highest BCUT2D eigenvalue weighted by Gasteiger charge is 2.07. The molecular weight excluding hydrogens is 250 g/mol. The van der Waals surface area contributed by atoms with Crippen LogP contribution in [0.5, 0.6) is 0 Å². The van der Waals surface area contributed by atoms with Gasteiger partial charge in [-0.1, -0.05) is 12.1 Å². The topological polar surface area (TPSA) is 54.0 Å². The maximum absolute atomic E-state index is 11.9. The van der Waals surface area contributed by atoms with Crippen LogP contribution < -0.4 is 10.6 Å². The van der Waals surface area contributed by atoms with Crippen molar-refractivity contribution in [2.45, 2.75) is 19.9 Å². The van der Waals surface area contributed by atoms with Crippen LogP contribution in [0.4, 0.5) is 5.69 Å². The van der Waals surface area contributed by atoms with Crippen molar-refractivity contribution in [2.75, 3.05) is 11.9 Å². The molecule has 2 rings (SSSR count). The quantitative estimate of drug-likeness (QED) is 0.877. The van der Waals surface area contributed by atoms with Crippen molar-refractivity contribution in [3.63, 3.8) is 0 Å². The standard InChI is InChI=1S/C16H19N3O/c1-12-4-3-5-15(10-12)19-16(20)11-18-13(2)14-6-8-17-9-7-14/h3-10,13,18H,11H2,1-2H3,(H,19,20)/t13-/m1/s1. The molecule has 0 unspecified atom stereocenters. The molecule has 1 aromatic carbocycles. The number of carbonyl (C=O) groups excluding carboxylic acids is 1. The Balaban J connectivity index is 1.83. The predicted octanol–water partition coefficient (Wildman–Crippen LogP) is 2.68. The van der Waals surface area contributed by atoms with Gasteiger partial charge in [-0.25, -0.2) is 0 Å². The number of nitrogens with one attached hydrogen (secondary N) is 2. The zero-order chi connectivity index (χ0) is 14.4. The molecule has 1 heterocycles. The van der Waals surface area contributed by atoms with E-state index in [2.05, 4.69) is 15.6 Å². The van der Waals surface area contributed by atoms with Gasteiger partial charge in [0.15, 0.2) is 0 Å². The highest BCUT2D eigenvalue weighted by molar-refractivity contribution is 5.92. The van der Waals surface area contributed by atoms with E-state index in [1.807, 2.05) is 50.2 Å². The van der Waals surface area contributed by atoms with Gasteiger partial charge in [0.1, 0.15) is 0 Å². The molecule has 0 aliphatic heterocycles. The summed E-state index contributed by atoms with van der Waals surface area (Å²) in [7, 11) is 0. The van der Waals surface area contributed by atoms with Crippen molar-refractivity contribution < 1.29 is 4.79 Å². The summed E-state index contributed by atoms with van der Waals surface area (Å²) in [6.07, 6.45) is 3.50. The van der Waals surface area contributed by atoms with Gasteiger partial charge in [-0.15, -0.1) is 0 Å². The Morgan fingerprint density at radius 3 is 2.70 bits per heavy atom. The second-order valence-electron chi connectivity index (χ2n) is 4.80. The minimum absolute atomic E-state index is 0.0449. The van der Waals surface area contributed by atoms with Crippen LogP contribution in [0.25, 0.3) is 0 Å². The van der Waals surface area contributed by atoms with Crippen LogP contribution >= 0.6 is 0 Å². The lowest BCUT2D eigenvalue weighted by Gasteiger charge is -2.14. The first kappa shape index (κ1) is 14.2. The maximum atomic E-state index is 11.9. The van der Waals surface area contributed by atoms with E-state index in [9.17, 15) is 4.79 Å². The smallest absolute Gasteiger partial charge is 0.238 e. The van der Waals surface area contributed by atoms with Crippen molar-refractivity contribution >= 4 is 11.6 Å². The van der Waals surface area contributed by atoms with E-state index >= 15 is 0 Å². The molecule has 0 spiro atoms. The molecule has 0 fully saturated rings.